The van der Waals surface area contributed by atoms with E-state index < -0.39 is 18.9 Å². The molecule has 0 saturated heterocycles. The highest BCUT2D eigenvalue weighted by Crippen LogP contribution is 2.34. The first kappa shape index (κ1) is 10.1. The fourth-order valence-electron chi connectivity index (χ4n) is 0.742. The standard InChI is InChI=1S/C7H10F3NO2/c1-6(2-3-6)11-5(12)13-4-7(8,9)10/h2-4H2,1H3,(H,11,12). The molecule has 0 spiro atoms. The van der Waals surface area contributed by atoms with E-state index in [9.17, 15) is 18.0 Å². The van der Waals surface area contributed by atoms with Gasteiger partial charge in [-0.3, -0.25) is 0 Å². The summed E-state index contributed by atoms with van der Waals surface area (Å²) in [5, 5.41) is 2.34. The van der Waals surface area contributed by atoms with Crippen molar-refractivity contribution in [2.24, 2.45) is 0 Å². The number of carbonyl (C=O) groups excluding carboxylic acids is 1. The molecule has 3 nitrogen and oxygen atoms in total. The Morgan fingerprint density at radius 2 is 2.08 bits per heavy atom. The molecule has 0 heterocycles. The Kier molecular flexibility index (Phi) is 2.40. The van der Waals surface area contributed by atoms with Crippen LogP contribution in [0.15, 0.2) is 0 Å². The third-order valence-electron chi connectivity index (χ3n) is 1.77. The number of amides is 1. The summed E-state index contributed by atoms with van der Waals surface area (Å²) in [6.45, 7) is 0.219. The van der Waals surface area contributed by atoms with E-state index in [1.54, 1.807) is 6.92 Å². The molecule has 0 bridgehead atoms. The molecule has 1 N–H and O–H groups in total. The first-order chi connectivity index (χ1) is 5.81. The molecule has 1 fully saturated rings. The third kappa shape index (κ3) is 4.00. The van der Waals surface area contributed by atoms with Gasteiger partial charge in [0.05, 0.1) is 0 Å². The molecule has 1 amide bonds. The van der Waals surface area contributed by atoms with Crippen molar-refractivity contribution in [3.05, 3.63) is 0 Å². The van der Waals surface area contributed by atoms with Gasteiger partial charge in [0.1, 0.15) is 0 Å². The fraction of sp³-hybridized carbons (Fsp3) is 0.857. The number of hydrogen-bond acceptors (Lipinski definition) is 2. The van der Waals surface area contributed by atoms with Crippen LogP contribution >= 0.6 is 0 Å². The van der Waals surface area contributed by atoms with Gasteiger partial charge in [0, 0.05) is 5.54 Å². The number of alkyl halides is 3. The Bertz CT molecular complexity index is 210. The summed E-state index contributed by atoms with van der Waals surface area (Å²) < 4.78 is 38.6. The summed E-state index contributed by atoms with van der Waals surface area (Å²) in [5.41, 5.74) is -0.345. The van der Waals surface area contributed by atoms with E-state index in [2.05, 4.69) is 10.1 Å². The molecule has 1 aliphatic rings. The molecular weight excluding hydrogens is 187 g/mol. The van der Waals surface area contributed by atoms with Gasteiger partial charge in [-0.1, -0.05) is 0 Å². The Hall–Kier alpha value is -0.940. The van der Waals surface area contributed by atoms with Crippen LogP contribution in [0.3, 0.4) is 0 Å². The molecule has 76 valence electrons. The van der Waals surface area contributed by atoms with Crippen LogP contribution < -0.4 is 5.32 Å². The molecule has 0 aromatic heterocycles. The van der Waals surface area contributed by atoms with Crippen LogP contribution in [-0.2, 0) is 4.74 Å². The number of nitrogens with one attached hydrogen (secondary N) is 1. The Morgan fingerprint density at radius 3 is 2.46 bits per heavy atom. The smallest absolute Gasteiger partial charge is 0.422 e. The third-order valence-corrected chi connectivity index (χ3v) is 1.77. The Morgan fingerprint density at radius 1 is 1.54 bits per heavy atom. The van der Waals surface area contributed by atoms with Gasteiger partial charge in [-0.05, 0) is 19.8 Å². The molecule has 1 aliphatic carbocycles. The maximum atomic E-state index is 11.6. The molecule has 0 aliphatic heterocycles. The minimum absolute atomic E-state index is 0.345. The number of hydrogen-bond donors (Lipinski definition) is 1. The molecule has 1 saturated carbocycles. The maximum Gasteiger partial charge on any atom is 0.422 e. The molecule has 0 unspecified atom stereocenters. The van der Waals surface area contributed by atoms with E-state index in [-0.39, 0.29) is 5.54 Å². The number of alkyl carbamates (subject to hydrolysis) is 1. The van der Waals surface area contributed by atoms with Crippen molar-refractivity contribution >= 4 is 6.09 Å². The first-order valence-corrected chi connectivity index (χ1v) is 3.82. The van der Waals surface area contributed by atoms with Crippen molar-refractivity contribution in [1.29, 1.82) is 0 Å². The lowest BCUT2D eigenvalue weighted by Crippen LogP contribution is -2.36. The second-order valence-corrected chi connectivity index (χ2v) is 3.38. The summed E-state index contributed by atoms with van der Waals surface area (Å²) in [6, 6.07) is 0. The van der Waals surface area contributed by atoms with E-state index in [4.69, 9.17) is 0 Å². The van der Waals surface area contributed by atoms with Gasteiger partial charge in [0.2, 0.25) is 0 Å². The summed E-state index contributed by atoms with van der Waals surface area (Å²) in [4.78, 5) is 10.7. The average molecular weight is 197 g/mol. The van der Waals surface area contributed by atoms with Crippen LogP contribution in [-0.4, -0.2) is 24.4 Å². The Labute approximate surface area is 73.2 Å². The van der Waals surface area contributed by atoms with Gasteiger partial charge in [0.25, 0.3) is 0 Å². The predicted octanol–water partition coefficient (Wildman–Crippen LogP) is 1.83. The minimum Gasteiger partial charge on any atom is -0.440 e. The lowest BCUT2D eigenvalue weighted by Gasteiger charge is -2.12. The Balaban J connectivity index is 2.18. The average Bonchev–Trinajstić information content (AvgIpc) is 2.62. The zero-order valence-corrected chi connectivity index (χ0v) is 7.07. The summed E-state index contributed by atoms with van der Waals surface area (Å²) >= 11 is 0. The quantitative estimate of drug-likeness (QED) is 0.733. The van der Waals surface area contributed by atoms with Crippen LogP contribution in [0.4, 0.5) is 18.0 Å². The summed E-state index contributed by atoms with van der Waals surface area (Å²) in [6.07, 6.45) is -3.89. The van der Waals surface area contributed by atoms with E-state index in [1.165, 1.54) is 0 Å². The van der Waals surface area contributed by atoms with E-state index in [1.807, 2.05) is 0 Å². The molecule has 0 aromatic rings. The number of halogens is 3. The van der Waals surface area contributed by atoms with Crippen molar-refractivity contribution < 1.29 is 22.7 Å². The zero-order valence-electron chi connectivity index (χ0n) is 7.07. The van der Waals surface area contributed by atoms with Crippen LogP contribution in [0.2, 0.25) is 0 Å². The molecule has 0 radical (unpaired) electrons. The fourth-order valence-corrected chi connectivity index (χ4v) is 0.742. The van der Waals surface area contributed by atoms with Crippen LogP contribution in [0.1, 0.15) is 19.8 Å². The predicted molar refractivity (Wildman–Crippen MR) is 38.2 cm³/mol. The summed E-state index contributed by atoms with van der Waals surface area (Å²) in [5.74, 6) is 0. The van der Waals surface area contributed by atoms with E-state index in [0.29, 0.717) is 0 Å². The molecule has 6 heteroatoms. The van der Waals surface area contributed by atoms with Crippen LogP contribution in [0.5, 0.6) is 0 Å². The highest BCUT2D eigenvalue weighted by Gasteiger charge is 2.40. The first-order valence-electron chi connectivity index (χ1n) is 3.82. The van der Waals surface area contributed by atoms with Gasteiger partial charge < -0.3 is 10.1 Å². The van der Waals surface area contributed by atoms with Gasteiger partial charge in [0.15, 0.2) is 6.61 Å². The number of carbonyl (C=O) groups is 1. The van der Waals surface area contributed by atoms with E-state index >= 15 is 0 Å². The summed E-state index contributed by atoms with van der Waals surface area (Å²) in [7, 11) is 0. The topological polar surface area (TPSA) is 38.3 Å². The van der Waals surface area contributed by atoms with Gasteiger partial charge in [-0.15, -0.1) is 0 Å². The van der Waals surface area contributed by atoms with Gasteiger partial charge in [-0.2, -0.15) is 13.2 Å². The molecule has 0 atom stereocenters. The lowest BCUT2D eigenvalue weighted by atomic mass is 10.3. The largest absolute Gasteiger partial charge is 0.440 e. The number of ether oxygens (including phenoxy) is 1. The molecular formula is C7H10F3NO2. The minimum atomic E-state index is -4.46. The van der Waals surface area contributed by atoms with Crippen molar-refractivity contribution in [3.63, 3.8) is 0 Å². The monoisotopic (exact) mass is 197 g/mol. The zero-order chi connectivity index (χ0) is 10.1. The highest BCUT2D eigenvalue weighted by molar-refractivity contribution is 5.68. The van der Waals surface area contributed by atoms with Crippen LogP contribution in [0.25, 0.3) is 0 Å². The molecule has 13 heavy (non-hydrogen) atoms. The SMILES string of the molecule is CC1(NC(=O)OCC(F)(F)F)CC1. The lowest BCUT2D eigenvalue weighted by molar-refractivity contribution is -0.160. The van der Waals surface area contributed by atoms with Crippen molar-refractivity contribution in [3.8, 4) is 0 Å². The van der Waals surface area contributed by atoms with Crippen molar-refractivity contribution in [1.82, 2.24) is 5.32 Å². The maximum absolute atomic E-state index is 11.6. The van der Waals surface area contributed by atoms with Crippen molar-refractivity contribution in [2.45, 2.75) is 31.5 Å². The van der Waals surface area contributed by atoms with Crippen LogP contribution in [0, 0.1) is 0 Å². The molecule has 0 aromatic carbocycles. The van der Waals surface area contributed by atoms with Gasteiger partial charge in [-0.25, -0.2) is 4.79 Å². The second-order valence-electron chi connectivity index (χ2n) is 3.38. The van der Waals surface area contributed by atoms with E-state index in [0.717, 1.165) is 12.8 Å². The highest BCUT2D eigenvalue weighted by atomic mass is 19.4. The molecule has 1 rings (SSSR count). The second kappa shape index (κ2) is 3.08. The van der Waals surface area contributed by atoms with Crippen molar-refractivity contribution in [2.75, 3.05) is 6.61 Å². The van der Waals surface area contributed by atoms with Gasteiger partial charge >= 0.3 is 12.3 Å². The number of rotatable bonds is 2. The normalized spacial score (nSPS) is 19.4.